The minimum Gasteiger partial charge on any atom is -0.382 e. The number of anilines is 1. The molecule has 0 amide bonds. The van der Waals surface area contributed by atoms with Crippen LogP contribution in [0.2, 0.25) is 5.02 Å². The molecule has 1 saturated carbocycles. The molecule has 0 atom stereocenters. The average molecular weight is 380 g/mol. The maximum absolute atomic E-state index is 13.2. The van der Waals surface area contributed by atoms with E-state index in [0.29, 0.717) is 11.1 Å². The van der Waals surface area contributed by atoms with E-state index in [0.717, 1.165) is 23.5 Å². The van der Waals surface area contributed by atoms with Gasteiger partial charge in [-0.1, -0.05) is 23.7 Å². The standard InChI is InChI=1S/C18H13ClF3N3O/c19-12-3-1-2-4-14(12)25-16(26)9-13(23-10-5-6-10)11-7-8-15(18(20,21)22)24-17(11)25/h1-4,7-10,23H,5-6H2. The van der Waals surface area contributed by atoms with E-state index in [1.54, 1.807) is 24.3 Å². The quantitative estimate of drug-likeness (QED) is 0.721. The van der Waals surface area contributed by atoms with Crippen molar-refractivity contribution in [2.75, 3.05) is 5.32 Å². The van der Waals surface area contributed by atoms with Crippen molar-refractivity contribution in [2.24, 2.45) is 0 Å². The third-order valence-electron chi connectivity index (χ3n) is 4.19. The fraction of sp³-hybridized carbons (Fsp3) is 0.222. The second kappa shape index (κ2) is 6.02. The third kappa shape index (κ3) is 3.03. The maximum atomic E-state index is 13.2. The molecule has 26 heavy (non-hydrogen) atoms. The smallest absolute Gasteiger partial charge is 0.382 e. The molecule has 1 aromatic carbocycles. The number of pyridine rings is 2. The zero-order valence-electron chi connectivity index (χ0n) is 13.3. The van der Waals surface area contributed by atoms with Gasteiger partial charge in [-0.3, -0.25) is 9.36 Å². The van der Waals surface area contributed by atoms with Gasteiger partial charge in [0.1, 0.15) is 11.3 Å². The van der Waals surface area contributed by atoms with E-state index in [2.05, 4.69) is 10.3 Å². The van der Waals surface area contributed by atoms with E-state index in [1.165, 1.54) is 12.1 Å². The van der Waals surface area contributed by atoms with Crippen LogP contribution in [0.4, 0.5) is 18.9 Å². The maximum Gasteiger partial charge on any atom is 0.433 e. The molecule has 0 bridgehead atoms. The highest BCUT2D eigenvalue weighted by molar-refractivity contribution is 6.32. The van der Waals surface area contributed by atoms with Gasteiger partial charge in [0.15, 0.2) is 0 Å². The fourth-order valence-corrected chi connectivity index (χ4v) is 3.01. The van der Waals surface area contributed by atoms with E-state index in [4.69, 9.17) is 11.6 Å². The van der Waals surface area contributed by atoms with Crippen molar-refractivity contribution in [3.8, 4) is 5.69 Å². The number of hydrogen-bond acceptors (Lipinski definition) is 3. The highest BCUT2D eigenvalue weighted by Crippen LogP contribution is 2.33. The summed E-state index contributed by atoms with van der Waals surface area (Å²) in [4.78, 5) is 16.5. The van der Waals surface area contributed by atoms with Crippen molar-refractivity contribution in [1.29, 1.82) is 0 Å². The number of halogens is 4. The Labute approximate surface area is 151 Å². The van der Waals surface area contributed by atoms with Gasteiger partial charge in [-0.15, -0.1) is 0 Å². The summed E-state index contributed by atoms with van der Waals surface area (Å²) in [5, 5.41) is 3.87. The molecule has 2 heterocycles. The van der Waals surface area contributed by atoms with Crippen LogP contribution >= 0.6 is 11.6 Å². The molecule has 2 aromatic heterocycles. The Morgan fingerprint density at radius 1 is 1.15 bits per heavy atom. The summed E-state index contributed by atoms with van der Waals surface area (Å²) < 4.78 is 40.6. The van der Waals surface area contributed by atoms with E-state index in [9.17, 15) is 18.0 Å². The number of fused-ring (bicyclic) bond motifs is 1. The molecule has 1 aliphatic carbocycles. The van der Waals surface area contributed by atoms with Gasteiger partial charge in [-0.05, 0) is 37.1 Å². The molecule has 0 aliphatic heterocycles. The number of nitrogens with one attached hydrogen (secondary N) is 1. The van der Waals surface area contributed by atoms with Crippen LogP contribution in [-0.4, -0.2) is 15.6 Å². The van der Waals surface area contributed by atoms with E-state index < -0.39 is 17.4 Å². The SMILES string of the molecule is O=c1cc(NC2CC2)c2ccc(C(F)(F)F)nc2n1-c1ccccc1Cl. The predicted octanol–water partition coefficient (Wildman–Crippen LogP) is 4.63. The van der Waals surface area contributed by atoms with Gasteiger partial charge in [0, 0.05) is 17.5 Å². The first kappa shape index (κ1) is 16.9. The predicted molar refractivity (Wildman–Crippen MR) is 94.0 cm³/mol. The van der Waals surface area contributed by atoms with Crippen molar-refractivity contribution in [2.45, 2.75) is 25.1 Å². The molecular weight excluding hydrogens is 367 g/mol. The monoisotopic (exact) mass is 379 g/mol. The van der Waals surface area contributed by atoms with Crippen LogP contribution in [0.25, 0.3) is 16.7 Å². The van der Waals surface area contributed by atoms with Crippen LogP contribution in [0.15, 0.2) is 47.3 Å². The zero-order chi connectivity index (χ0) is 18.5. The van der Waals surface area contributed by atoms with Crippen molar-refractivity contribution < 1.29 is 13.2 Å². The van der Waals surface area contributed by atoms with E-state index in [-0.39, 0.29) is 22.4 Å². The van der Waals surface area contributed by atoms with Gasteiger partial charge in [0.2, 0.25) is 0 Å². The van der Waals surface area contributed by atoms with Crippen LogP contribution in [0.3, 0.4) is 0 Å². The van der Waals surface area contributed by atoms with Gasteiger partial charge >= 0.3 is 6.18 Å². The largest absolute Gasteiger partial charge is 0.433 e. The van der Waals surface area contributed by atoms with Crippen LogP contribution in [-0.2, 0) is 6.18 Å². The third-order valence-corrected chi connectivity index (χ3v) is 4.51. The molecule has 0 spiro atoms. The molecule has 3 aromatic rings. The summed E-state index contributed by atoms with van der Waals surface area (Å²) in [7, 11) is 0. The van der Waals surface area contributed by atoms with Crippen LogP contribution in [0.5, 0.6) is 0 Å². The molecule has 0 unspecified atom stereocenters. The molecule has 1 N–H and O–H groups in total. The number of aromatic nitrogens is 2. The zero-order valence-corrected chi connectivity index (χ0v) is 14.1. The first-order valence-electron chi connectivity index (χ1n) is 8.00. The normalized spacial score (nSPS) is 14.6. The number of rotatable bonds is 3. The number of nitrogens with zero attached hydrogens (tertiary/aromatic N) is 2. The highest BCUT2D eigenvalue weighted by Gasteiger charge is 2.33. The number of hydrogen-bond donors (Lipinski definition) is 1. The Bertz CT molecular complexity index is 1060. The lowest BCUT2D eigenvalue weighted by atomic mass is 10.2. The first-order valence-corrected chi connectivity index (χ1v) is 8.38. The summed E-state index contributed by atoms with van der Waals surface area (Å²) >= 11 is 6.17. The molecule has 134 valence electrons. The number of para-hydroxylation sites is 1. The highest BCUT2D eigenvalue weighted by atomic mass is 35.5. The van der Waals surface area contributed by atoms with Crippen LogP contribution < -0.4 is 10.9 Å². The average Bonchev–Trinajstić information content (AvgIpc) is 3.39. The number of alkyl halides is 3. The minimum atomic E-state index is -4.62. The fourth-order valence-electron chi connectivity index (χ4n) is 2.79. The van der Waals surface area contributed by atoms with E-state index in [1.807, 2.05) is 0 Å². The Hall–Kier alpha value is -2.54. The summed E-state index contributed by atoms with van der Waals surface area (Å²) in [6.07, 6.45) is -2.69. The molecular formula is C18H13ClF3N3O. The Morgan fingerprint density at radius 2 is 1.88 bits per heavy atom. The Kier molecular flexibility index (Phi) is 3.91. The van der Waals surface area contributed by atoms with Crippen molar-refractivity contribution in [3.63, 3.8) is 0 Å². The minimum absolute atomic E-state index is 0.0800. The molecule has 0 saturated heterocycles. The summed E-state index contributed by atoms with van der Waals surface area (Å²) in [6.45, 7) is 0. The van der Waals surface area contributed by atoms with E-state index >= 15 is 0 Å². The summed E-state index contributed by atoms with van der Waals surface area (Å²) in [5.41, 5.74) is -0.871. The van der Waals surface area contributed by atoms with Crippen molar-refractivity contribution in [1.82, 2.24) is 9.55 Å². The molecule has 1 fully saturated rings. The molecule has 4 rings (SSSR count). The summed E-state index contributed by atoms with van der Waals surface area (Å²) in [5.74, 6) is 0. The van der Waals surface area contributed by atoms with Gasteiger partial charge in [0.25, 0.3) is 5.56 Å². The second-order valence-electron chi connectivity index (χ2n) is 6.17. The molecule has 4 nitrogen and oxygen atoms in total. The Balaban J connectivity index is 2.05. The first-order chi connectivity index (χ1) is 12.3. The molecule has 8 heteroatoms. The molecule has 1 aliphatic rings. The van der Waals surface area contributed by atoms with Crippen molar-refractivity contribution in [3.05, 3.63) is 63.5 Å². The molecule has 0 radical (unpaired) electrons. The van der Waals surface area contributed by atoms with Gasteiger partial charge in [-0.2, -0.15) is 13.2 Å². The van der Waals surface area contributed by atoms with Gasteiger partial charge in [-0.25, -0.2) is 4.98 Å². The lowest BCUT2D eigenvalue weighted by Crippen LogP contribution is -2.22. The van der Waals surface area contributed by atoms with Crippen LogP contribution in [0.1, 0.15) is 18.5 Å². The van der Waals surface area contributed by atoms with Gasteiger partial charge in [0.05, 0.1) is 16.4 Å². The van der Waals surface area contributed by atoms with Crippen molar-refractivity contribution >= 4 is 28.3 Å². The summed E-state index contributed by atoms with van der Waals surface area (Å²) in [6, 6.07) is 10.3. The Morgan fingerprint density at radius 3 is 2.54 bits per heavy atom. The lowest BCUT2D eigenvalue weighted by molar-refractivity contribution is -0.141. The topological polar surface area (TPSA) is 46.9 Å². The van der Waals surface area contributed by atoms with Gasteiger partial charge < -0.3 is 5.32 Å². The number of benzene rings is 1. The van der Waals surface area contributed by atoms with Crippen LogP contribution in [0, 0.1) is 0 Å². The lowest BCUT2D eigenvalue weighted by Gasteiger charge is -2.16. The second-order valence-corrected chi connectivity index (χ2v) is 6.57.